The molecule has 2 amide bonds. The van der Waals surface area contributed by atoms with Gasteiger partial charge < -0.3 is 19.9 Å². The average molecular weight is 349 g/mol. The first kappa shape index (κ1) is 18.5. The van der Waals surface area contributed by atoms with E-state index in [0.717, 1.165) is 11.0 Å². The van der Waals surface area contributed by atoms with Crippen LogP contribution < -0.4 is 5.32 Å². The molecule has 1 aliphatic heterocycles. The maximum Gasteiger partial charge on any atom is 0.451 e. The summed E-state index contributed by atoms with van der Waals surface area (Å²) in [5, 5.41) is 18.6. The van der Waals surface area contributed by atoms with Crippen molar-refractivity contribution in [1.82, 2.24) is 25.0 Å². The summed E-state index contributed by atoms with van der Waals surface area (Å²) >= 11 is 0. The zero-order valence-electron chi connectivity index (χ0n) is 13.7. The number of hydrogen-bond acceptors (Lipinski definition) is 4. The quantitative estimate of drug-likeness (QED) is 0.792. The van der Waals surface area contributed by atoms with Crippen LogP contribution in [0.2, 0.25) is 0 Å². The van der Waals surface area contributed by atoms with E-state index in [1.807, 2.05) is 13.8 Å². The Kier molecular flexibility index (Phi) is 5.36. The fourth-order valence-electron chi connectivity index (χ4n) is 2.49. The molecule has 0 aromatic carbocycles. The largest absolute Gasteiger partial charge is 0.451 e. The van der Waals surface area contributed by atoms with Gasteiger partial charge in [0.1, 0.15) is 0 Å². The van der Waals surface area contributed by atoms with Crippen LogP contribution in [0.15, 0.2) is 0 Å². The van der Waals surface area contributed by atoms with Gasteiger partial charge in [-0.15, -0.1) is 10.2 Å². The summed E-state index contributed by atoms with van der Waals surface area (Å²) in [5.74, 6) is -0.895. The smallest absolute Gasteiger partial charge is 0.396 e. The number of aliphatic hydroxyl groups excluding tert-OH is 1. The molecule has 24 heavy (non-hydrogen) atoms. The lowest BCUT2D eigenvalue weighted by Gasteiger charge is -2.28. The summed E-state index contributed by atoms with van der Waals surface area (Å²) < 4.78 is 39.3. The molecule has 0 fully saturated rings. The number of nitrogens with zero attached hydrogens (tertiary/aromatic N) is 4. The summed E-state index contributed by atoms with van der Waals surface area (Å²) in [6.07, 6.45) is -3.08. The van der Waals surface area contributed by atoms with E-state index < -0.39 is 12.0 Å². The Morgan fingerprint density at radius 1 is 1.29 bits per heavy atom. The fraction of sp³-hybridized carbons (Fsp3) is 0.786. The van der Waals surface area contributed by atoms with Gasteiger partial charge in [0.25, 0.3) is 0 Å². The third kappa shape index (κ3) is 4.37. The first-order chi connectivity index (χ1) is 11.1. The second-order valence-corrected chi connectivity index (χ2v) is 6.67. The number of urea groups is 1. The van der Waals surface area contributed by atoms with Gasteiger partial charge in [-0.1, -0.05) is 13.8 Å². The topological polar surface area (TPSA) is 83.3 Å². The molecule has 7 nitrogen and oxygen atoms in total. The lowest BCUT2D eigenvalue weighted by molar-refractivity contribution is -0.147. The van der Waals surface area contributed by atoms with Crippen molar-refractivity contribution in [2.75, 3.05) is 19.7 Å². The molecule has 136 valence electrons. The molecule has 2 rings (SSSR count). The first-order valence-corrected chi connectivity index (χ1v) is 7.77. The van der Waals surface area contributed by atoms with Crippen LogP contribution in [-0.4, -0.2) is 50.5 Å². The number of aromatic nitrogens is 3. The number of hydrogen-bond donors (Lipinski definition) is 2. The van der Waals surface area contributed by atoms with Crippen molar-refractivity contribution >= 4 is 6.03 Å². The Balaban J connectivity index is 1.85. The van der Waals surface area contributed by atoms with Gasteiger partial charge in [0, 0.05) is 26.2 Å². The zero-order chi connectivity index (χ0) is 18.0. The maximum atomic E-state index is 12.8. The van der Waals surface area contributed by atoms with Gasteiger partial charge in [-0.2, -0.15) is 13.2 Å². The summed E-state index contributed by atoms with van der Waals surface area (Å²) in [6.45, 7) is 4.57. The van der Waals surface area contributed by atoms with Crippen molar-refractivity contribution < 1.29 is 23.1 Å². The van der Waals surface area contributed by atoms with E-state index in [0.29, 0.717) is 13.0 Å². The predicted molar refractivity (Wildman–Crippen MR) is 78.9 cm³/mol. The minimum atomic E-state index is -4.55. The van der Waals surface area contributed by atoms with Crippen molar-refractivity contribution in [1.29, 1.82) is 0 Å². The molecule has 2 heterocycles. The number of amides is 2. The van der Waals surface area contributed by atoms with E-state index >= 15 is 0 Å². The second kappa shape index (κ2) is 6.96. The number of nitrogens with one attached hydrogen (secondary N) is 1. The molecule has 0 saturated carbocycles. The van der Waals surface area contributed by atoms with Crippen LogP contribution in [0.25, 0.3) is 0 Å². The van der Waals surface area contributed by atoms with E-state index in [-0.39, 0.29) is 43.5 Å². The highest BCUT2D eigenvalue weighted by Crippen LogP contribution is 2.29. The van der Waals surface area contributed by atoms with Gasteiger partial charge in [-0.25, -0.2) is 4.79 Å². The molecular formula is C14H22F3N5O2. The van der Waals surface area contributed by atoms with Crippen molar-refractivity contribution in [2.24, 2.45) is 5.41 Å². The Morgan fingerprint density at radius 2 is 2.00 bits per heavy atom. The minimum Gasteiger partial charge on any atom is -0.396 e. The number of aliphatic hydroxyl groups is 1. The molecular weight excluding hydrogens is 327 g/mol. The van der Waals surface area contributed by atoms with Crippen LogP contribution in [0.4, 0.5) is 18.0 Å². The van der Waals surface area contributed by atoms with Crippen LogP contribution in [0.5, 0.6) is 0 Å². The van der Waals surface area contributed by atoms with Gasteiger partial charge in [0.15, 0.2) is 5.82 Å². The molecule has 0 radical (unpaired) electrons. The van der Waals surface area contributed by atoms with E-state index in [9.17, 15) is 18.0 Å². The third-order valence-electron chi connectivity index (χ3n) is 4.03. The fourth-order valence-corrected chi connectivity index (χ4v) is 2.49. The SMILES string of the molecule is CC(C)(CO)CCCNC(=O)N1CCn2c(nnc2C(F)(F)F)C1. The molecule has 0 aliphatic carbocycles. The van der Waals surface area contributed by atoms with E-state index in [1.54, 1.807) is 0 Å². The van der Waals surface area contributed by atoms with E-state index in [2.05, 4.69) is 15.5 Å². The lowest BCUT2D eigenvalue weighted by Crippen LogP contribution is -2.45. The molecule has 1 aromatic heterocycles. The molecule has 0 unspecified atom stereocenters. The Labute approximate surface area is 137 Å². The second-order valence-electron chi connectivity index (χ2n) is 6.67. The first-order valence-electron chi connectivity index (χ1n) is 7.77. The number of carbonyl (C=O) groups is 1. The van der Waals surface area contributed by atoms with Crippen molar-refractivity contribution in [3.8, 4) is 0 Å². The summed E-state index contributed by atoms with van der Waals surface area (Å²) in [6, 6.07) is -0.334. The van der Waals surface area contributed by atoms with Crippen molar-refractivity contribution in [2.45, 2.75) is 46.0 Å². The molecule has 0 atom stereocenters. The van der Waals surface area contributed by atoms with Crippen LogP contribution in [-0.2, 0) is 19.3 Å². The number of carbonyl (C=O) groups excluding carboxylic acids is 1. The average Bonchev–Trinajstić information content (AvgIpc) is 2.94. The molecule has 10 heteroatoms. The third-order valence-corrected chi connectivity index (χ3v) is 4.03. The van der Waals surface area contributed by atoms with Gasteiger partial charge in [-0.3, -0.25) is 0 Å². The van der Waals surface area contributed by atoms with E-state index in [4.69, 9.17) is 5.11 Å². The Bertz CT molecular complexity index is 585. The number of halogens is 3. The monoisotopic (exact) mass is 349 g/mol. The van der Waals surface area contributed by atoms with Crippen molar-refractivity contribution in [3.05, 3.63) is 11.6 Å². The van der Waals surface area contributed by atoms with Gasteiger partial charge in [-0.05, 0) is 18.3 Å². The maximum absolute atomic E-state index is 12.8. The number of rotatable bonds is 5. The Hall–Kier alpha value is -1.84. The summed E-state index contributed by atoms with van der Waals surface area (Å²) in [4.78, 5) is 13.5. The van der Waals surface area contributed by atoms with Crippen LogP contribution in [0.3, 0.4) is 0 Å². The molecule has 0 bridgehead atoms. The van der Waals surface area contributed by atoms with Crippen molar-refractivity contribution in [3.63, 3.8) is 0 Å². The molecule has 0 saturated heterocycles. The number of fused-ring (bicyclic) bond motifs is 1. The molecule has 2 N–H and O–H groups in total. The normalized spacial score (nSPS) is 15.3. The molecule has 0 spiro atoms. The zero-order valence-corrected chi connectivity index (χ0v) is 13.7. The molecule has 1 aliphatic rings. The highest BCUT2D eigenvalue weighted by atomic mass is 19.4. The van der Waals surface area contributed by atoms with Crippen LogP contribution in [0.1, 0.15) is 38.3 Å². The highest BCUT2D eigenvalue weighted by molar-refractivity contribution is 5.74. The van der Waals surface area contributed by atoms with Gasteiger partial charge >= 0.3 is 12.2 Å². The van der Waals surface area contributed by atoms with Crippen LogP contribution in [0, 0.1) is 5.41 Å². The highest BCUT2D eigenvalue weighted by Gasteiger charge is 2.39. The molecule has 1 aromatic rings. The Morgan fingerprint density at radius 3 is 2.62 bits per heavy atom. The number of alkyl halides is 3. The lowest BCUT2D eigenvalue weighted by atomic mass is 9.89. The van der Waals surface area contributed by atoms with Gasteiger partial charge in [0.2, 0.25) is 5.82 Å². The predicted octanol–water partition coefficient (Wildman–Crippen LogP) is 1.62. The summed E-state index contributed by atoms with van der Waals surface area (Å²) in [5.41, 5.74) is -0.194. The van der Waals surface area contributed by atoms with Crippen LogP contribution >= 0.6 is 0 Å². The van der Waals surface area contributed by atoms with E-state index in [1.165, 1.54) is 4.90 Å². The summed E-state index contributed by atoms with van der Waals surface area (Å²) in [7, 11) is 0. The standard InChI is InChI=1S/C14H22F3N5O2/c1-13(2,9-23)4-3-5-18-12(24)21-6-7-22-10(8-21)19-20-11(22)14(15,16)17/h23H,3-9H2,1-2H3,(H,18,24). The minimum absolute atomic E-state index is 0.00293. The van der Waals surface area contributed by atoms with Gasteiger partial charge in [0.05, 0.1) is 6.54 Å².